The van der Waals surface area contributed by atoms with E-state index >= 15 is 0 Å². The number of pyridine rings is 1. The Kier molecular flexibility index (Phi) is 5.65. The lowest BCUT2D eigenvalue weighted by Gasteiger charge is -2.23. The smallest absolute Gasteiger partial charge is 0.322 e. The Morgan fingerprint density at radius 2 is 1.80 bits per heavy atom. The fraction of sp³-hybridized carbons (Fsp3) is 0.100. The summed E-state index contributed by atoms with van der Waals surface area (Å²) in [6.07, 6.45) is 3.46. The van der Waals surface area contributed by atoms with E-state index in [-0.39, 0.29) is 6.03 Å². The number of rotatable bonds is 5. The Bertz CT molecular complexity index is 825. The third-order valence-corrected chi connectivity index (χ3v) is 3.95. The Balaban J connectivity index is 1.78. The highest BCUT2D eigenvalue weighted by molar-refractivity contribution is 6.30. The first-order valence-corrected chi connectivity index (χ1v) is 8.34. The van der Waals surface area contributed by atoms with Crippen molar-refractivity contribution in [1.82, 2.24) is 10.3 Å². The van der Waals surface area contributed by atoms with Gasteiger partial charge in [0.25, 0.3) is 0 Å². The molecule has 0 aliphatic heterocycles. The second-order valence-corrected chi connectivity index (χ2v) is 6.01. The van der Waals surface area contributed by atoms with E-state index in [9.17, 15) is 4.79 Å². The van der Waals surface area contributed by atoms with Gasteiger partial charge in [0.05, 0.1) is 6.54 Å². The molecule has 3 rings (SSSR count). The van der Waals surface area contributed by atoms with E-state index < -0.39 is 0 Å². The predicted octanol–water partition coefficient (Wildman–Crippen LogP) is 4.65. The monoisotopic (exact) mass is 351 g/mol. The average molecular weight is 352 g/mol. The summed E-state index contributed by atoms with van der Waals surface area (Å²) in [5, 5.41) is 3.55. The van der Waals surface area contributed by atoms with Crippen LogP contribution in [0.4, 0.5) is 10.5 Å². The summed E-state index contributed by atoms with van der Waals surface area (Å²) in [6.45, 7) is 0.874. The summed E-state index contributed by atoms with van der Waals surface area (Å²) in [4.78, 5) is 18.6. The first-order chi connectivity index (χ1) is 12.2. The van der Waals surface area contributed by atoms with Gasteiger partial charge >= 0.3 is 6.03 Å². The molecule has 4 nitrogen and oxygen atoms in total. The third kappa shape index (κ3) is 4.81. The Labute approximate surface area is 152 Å². The Morgan fingerprint density at radius 3 is 2.52 bits per heavy atom. The van der Waals surface area contributed by atoms with E-state index in [0.717, 1.165) is 16.8 Å². The van der Waals surface area contributed by atoms with Gasteiger partial charge in [0.2, 0.25) is 0 Å². The maximum absolute atomic E-state index is 12.8. The average Bonchev–Trinajstić information content (AvgIpc) is 2.66. The van der Waals surface area contributed by atoms with E-state index in [0.29, 0.717) is 18.1 Å². The van der Waals surface area contributed by atoms with E-state index in [1.54, 1.807) is 29.4 Å². The minimum absolute atomic E-state index is 0.185. The van der Waals surface area contributed by atoms with Crippen LogP contribution in [0.5, 0.6) is 0 Å². The van der Waals surface area contributed by atoms with Crippen LogP contribution in [0.15, 0.2) is 79.1 Å². The Morgan fingerprint density at radius 1 is 1.00 bits per heavy atom. The summed E-state index contributed by atoms with van der Waals surface area (Å²) in [6, 6.07) is 20.7. The van der Waals surface area contributed by atoms with Gasteiger partial charge in [0.15, 0.2) is 0 Å². The summed E-state index contributed by atoms with van der Waals surface area (Å²) in [7, 11) is 0. The quantitative estimate of drug-likeness (QED) is 0.727. The van der Waals surface area contributed by atoms with Crippen LogP contribution < -0.4 is 10.2 Å². The summed E-state index contributed by atoms with van der Waals surface area (Å²) in [5.41, 5.74) is 2.72. The van der Waals surface area contributed by atoms with Crippen LogP contribution in [0.25, 0.3) is 0 Å². The number of halogens is 1. The molecule has 2 amide bonds. The van der Waals surface area contributed by atoms with Gasteiger partial charge in [0, 0.05) is 29.6 Å². The van der Waals surface area contributed by atoms with Crippen LogP contribution in [0.1, 0.15) is 11.1 Å². The van der Waals surface area contributed by atoms with Crippen molar-refractivity contribution in [3.63, 3.8) is 0 Å². The number of nitrogens with one attached hydrogen (secondary N) is 1. The number of carbonyl (C=O) groups is 1. The second kappa shape index (κ2) is 8.31. The zero-order valence-corrected chi connectivity index (χ0v) is 14.4. The van der Waals surface area contributed by atoms with Gasteiger partial charge in [-0.15, -0.1) is 0 Å². The van der Waals surface area contributed by atoms with Crippen molar-refractivity contribution in [3.8, 4) is 0 Å². The molecule has 1 N–H and O–H groups in total. The molecule has 0 radical (unpaired) electrons. The van der Waals surface area contributed by atoms with Gasteiger partial charge < -0.3 is 5.32 Å². The van der Waals surface area contributed by atoms with Gasteiger partial charge in [0.1, 0.15) is 0 Å². The molecule has 5 heteroatoms. The van der Waals surface area contributed by atoms with Gasteiger partial charge in [-0.25, -0.2) is 4.79 Å². The lowest BCUT2D eigenvalue weighted by Crippen LogP contribution is -2.39. The number of aromatic nitrogens is 1. The molecule has 0 fully saturated rings. The zero-order chi connectivity index (χ0) is 17.5. The topological polar surface area (TPSA) is 45.2 Å². The molecule has 0 saturated carbocycles. The first kappa shape index (κ1) is 17.0. The number of urea groups is 1. The minimum Gasteiger partial charge on any atom is -0.334 e. The van der Waals surface area contributed by atoms with E-state index in [1.807, 2.05) is 54.6 Å². The molecule has 0 aliphatic rings. The molecule has 0 aliphatic carbocycles. The first-order valence-electron chi connectivity index (χ1n) is 7.96. The summed E-state index contributed by atoms with van der Waals surface area (Å²) < 4.78 is 0. The van der Waals surface area contributed by atoms with Crippen molar-refractivity contribution in [3.05, 3.63) is 95.3 Å². The second-order valence-electron chi connectivity index (χ2n) is 5.57. The lowest BCUT2D eigenvalue weighted by atomic mass is 10.2. The standard InChI is InChI=1S/C20H18ClN3O/c21-18-9-4-10-19(12-18)24(15-17-8-5-11-22-13-17)20(25)23-14-16-6-2-1-3-7-16/h1-13H,14-15H2,(H,23,25). The molecule has 0 spiro atoms. The van der Waals surface area contributed by atoms with Crippen molar-refractivity contribution in [1.29, 1.82) is 0 Å². The highest BCUT2D eigenvalue weighted by atomic mass is 35.5. The van der Waals surface area contributed by atoms with Crippen LogP contribution in [0.2, 0.25) is 5.02 Å². The zero-order valence-electron chi connectivity index (χ0n) is 13.6. The SMILES string of the molecule is O=C(NCc1ccccc1)N(Cc1cccnc1)c1cccc(Cl)c1. The fourth-order valence-electron chi connectivity index (χ4n) is 2.47. The van der Waals surface area contributed by atoms with Gasteiger partial charge in [-0.3, -0.25) is 9.88 Å². The summed E-state index contributed by atoms with van der Waals surface area (Å²) in [5.74, 6) is 0. The molecule has 0 saturated heterocycles. The van der Waals surface area contributed by atoms with Crippen LogP contribution in [0.3, 0.4) is 0 Å². The molecule has 1 heterocycles. The molecule has 1 aromatic heterocycles. The largest absolute Gasteiger partial charge is 0.334 e. The normalized spacial score (nSPS) is 10.3. The van der Waals surface area contributed by atoms with Crippen molar-refractivity contribution >= 4 is 23.3 Å². The van der Waals surface area contributed by atoms with Gasteiger partial charge in [-0.1, -0.05) is 54.1 Å². The molecular weight excluding hydrogens is 334 g/mol. The number of anilines is 1. The number of carbonyl (C=O) groups excluding carboxylic acids is 1. The highest BCUT2D eigenvalue weighted by Crippen LogP contribution is 2.21. The van der Waals surface area contributed by atoms with Crippen LogP contribution >= 0.6 is 11.6 Å². The van der Waals surface area contributed by atoms with Crippen molar-refractivity contribution in [2.24, 2.45) is 0 Å². The molecule has 25 heavy (non-hydrogen) atoms. The summed E-state index contributed by atoms with van der Waals surface area (Å²) >= 11 is 6.10. The molecule has 126 valence electrons. The number of nitrogens with zero attached hydrogens (tertiary/aromatic N) is 2. The molecule has 0 atom stereocenters. The minimum atomic E-state index is -0.185. The number of hydrogen-bond donors (Lipinski definition) is 1. The van der Waals surface area contributed by atoms with Crippen LogP contribution in [-0.4, -0.2) is 11.0 Å². The van der Waals surface area contributed by atoms with Crippen molar-refractivity contribution in [2.45, 2.75) is 13.1 Å². The maximum atomic E-state index is 12.8. The van der Waals surface area contributed by atoms with E-state index in [2.05, 4.69) is 10.3 Å². The lowest BCUT2D eigenvalue weighted by molar-refractivity contribution is 0.245. The van der Waals surface area contributed by atoms with E-state index in [4.69, 9.17) is 11.6 Å². The number of amides is 2. The van der Waals surface area contributed by atoms with Crippen molar-refractivity contribution < 1.29 is 4.79 Å². The van der Waals surface area contributed by atoms with Gasteiger partial charge in [-0.2, -0.15) is 0 Å². The van der Waals surface area contributed by atoms with Crippen LogP contribution in [-0.2, 0) is 13.1 Å². The molecule has 3 aromatic rings. The fourth-order valence-corrected chi connectivity index (χ4v) is 2.65. The van der Waals surface area contributed by atoms with Crippen molar-refractivity contribution in [2.75, 3.05) is 4.90 Å². The number of benzene rings is 2. The van der Waals surface area contributed by atoms with E-state index in [1.165, 1.54) is 0 Å². The molecular formula is C20H18ClN3O. The third-order valence-electron chi connectivity index (χ3n) is 3.72. The number of hydrogen-bond acceptors (Lipinski definition) is 2. The van der Waals surface area contributed by atoms with Gasteiger partial charge in [-0.05, 0) is 35.4 Å². The highest BCUT2D eigenvalue weighted by Gasteiger charge is 2.16. The molecule has 2 aromatic carbocycles. The Hall–Kier alpha value is -2.85. The maximum Gasteiger partial charge on any atom is 0.322 e. The predicted molar refractivity (Wildman–Crippen MR) is 101 cm³/mol. The van der Waals surface area contributed by atoms with Crippen LogP contribution in [0, 0.1) is 0 Å². The molecule has 0 bridgehead atoms. The molecule has 0 unspecified atom stereocenters.